The number of benzene rings is 2. The van der Waals surface area contributed by atoms with Crippen LogP contribution in [-0.4, -0.2) is 73.0 Å². The molecule has 0 spiro atoms. The lowest BCUT2D eigenvalue weighted by atomic mass is 10.1. The van der Waals surface area contributed by atoms with Crippen molar-refractivity contribution in [2.24, 2.45) is 0 Å². The highest BCUT2D eigenvalue weighted by Gasteiger charge is 2.41. The minimum Gasteiger partial charge on any atom is -0.497 e. The molecule has 8 heteroatoms. The molecule has 0 unspecified atom stereocenters. The topological polar surface area (TPSA) is 91.5 Å². The number of H-pyrrole nitrogens is 1. The maximum atomic E-state index is 13.2. The summed E-state index contributed by atoms with van der Waals surface area (Å²) in [7, 11) is 3.32. The van der Waals surface area contributed by atoms with E-state index in [1.54, 1.807) is 14.2 Å². The highest BCUT2D eigenvalue weighted by Crippen LogP contribution is 2.31. The molecule has 36 heavy (non-hydrogen) atoms. The molecule has 3 N–H and O–H groups in total. The van der Waals surface area contributed by atoms with Crippen LogP contribution in [0, 0.1) is 0 Å². The van der Waals surface area contributed by atoms with Crippen LogP contribution in [0.25, 0.3) is 11.3 Å². The number of amides is 1. The lowest BCUT2D eigenvalue weighted by molar-refractivity contribution is -0.126. The summed E-state index contributed by atoms with van der Waals surface area (Å²) in [6.07, 6.45) is 4.64. The van der Waals surface area contributed by atoms with Gasteiger partial charge in [-0.2, -0.15) is 5.10 Å². The zero-order chi connectivity index (χ0) is 24.9. The number of methoxy groups -OCH3 is 2. The van der Waals surface area contributed by atoms with Crippen LogP contribution in [0.3, 0.4) is 0 Å². The lowest BCUT2D eigenvalue weighted by Gasteiger charge is -2.29. The van der Waals surface area contributed by atoms with Gasteiger partial charge in [-0.15, -0.1) is 0 Å². The minimum atomic E-state index is -0.149. The molecule has 1 fully saturated rings. The summed E-state index contributed by atoms with van der Waals surface area (Å²) in [6.45, 7) is 2.57. The molecule has 1 aliphatic carbocycles. The Morgan fingerprint density at radius 1 is 1.11 bits per heavy atom. The van der Waals surface area contributed by atoms with E-state index in [9.17, 15) is 4.79 Å². The molecular weight excluding hydrogens is 454 g/mol. The van der Waals surface area contributed by atoms with Crippen molar-refractivity contribution in [2.75, 3.05) is 33.9 Å². The quantitative estimate of drug-likeness (QED) is 0.379. The Morgan fingerprint density at radius 3 is 2.56 bits per heavy atom. The Hall–Kier alpha value is -3.20. The number of nitrogens with zero attached hydrogens (tertiary/aromatic N) is 2. The van der Waals surface area contributed by atoms with Crippen molar-refractivity contribution >= 4 is 5.91 Å². The molecular formula is C28H35N5O3. The van der Waals surface area contributed by atoms with E-state index in [2.05, 4.69) is 50.0 Å². The number of aromatic nitrogens is 2. The first-order chi connectivity index (χ1) is 17.7. The Morgan fingerprint density at radius 2 is 1.86 bits per heavy atom. The van der Waals surface area contributed by atoms with Crippen LogP contribution < -0.4 is 15.4 Å². The summed E-state index contributed by atoms with van der Waals surface area (Å²) < 4.78 is 10.4. The molecule has 3 aromatic rings. The van der Waals surface area contributed by atoms with Gasteiger partial charge in [0.25, 0.3) is 0 Å². The van der Waals surface area contributed by atoms with Crippen LogP contribution in [0.5, 0.6) is 5.75 Å². The third-order valence-electron chi connectivity index (χ3n) is 7.42. The summed E-state index contributed by atoms with van der Waals surface area (Å²) in [6, 6.07) is 17.0. The van der Waals surface area contributed by atoms with E-state index in [1.807, 2.05) is 30.5 Å². The number of carbonyl (C=O) groups is 1. The smallest absolute Gasteiger partial charge is 0.237 e. The second kappa shape index (κ2) is 11.2. The number of likely N-dealkylation sites (tertiary alicyclic amines) is 1. The van der Waals surface area contributed by atoms with Gasteiger partial charge in [-0.1, -0.05) is 24.3 Å². The number of aromatic amines is 1. The summed E-state index contributed by atoms with van der Waals surface area (Å²) >= 11 is 0. The fourth-order valence-electron chi connectivity index (χ4n) is 5.54. The van der Waals surface area contributed by atoms with Crippen molar-refractivity contribution in [3.05, 3.63) is 71.4 Å². The van der Waals surface area contributed by atoms with Crippen molar-refractivity contribution in [3.8, 4) is 17.0 Å². The molecule has 190 valence electrons. The third-order valence-corrected chi connectivity index (χ3v) is 7.42. The molecule has 2 atom stereocenters. The van der Waals surface area contributed by atoms with Gasteiger partial charge < -0.3 is 20.1 Å². The van der Waals surface area contributed by atoms with Crippen LogP contribution in [0.2, 0.25) is 0 Å². The predicted octanol–water partition coefficient (Wildman–Crippen LogP) is 2.55. The minimum absolute atomic E-state index is 0.0922. The predicted molar refractivity (Wildman–Crippen MR) is 139 cm³/mol. The van der Waals surface area contributed by atoms with Crippen LogP contribution in [0.15, 0.2) is 54.7 Å². The molecule has 8 nitrogen and oxygen atoms in total. The first kappa shape index (κ1) is 24.5. The van der Waals surface area contributed by atoms with Crippen molar-refractivity contribution in [3.63, 3.8) is 0 Å². The Kier molecular flexibility index (Phi) is 7.65. The zero-order valence-electron chi connectivity index (χ0n) is 21.0. The SMILES string of the molecule is COCCNC(=O)[C@@H]1C[C@@H](NCc2cn[nH]c2-c2ccc(OC)cc2)CN1C1Cc2ccccc2C1. The van der Waals surface area contributed by atoms with Gasteiger partial charge in [0, 0.05) is 50.0 Å². The summed E-state index contributed by atoms with van der Waals surface area (Å²) in [4.78, 5) is 15.6. The number of hydrogen-bond donors (Lipinski definition) is 3. The second-order valence-electron chi connectivity index (χ2n) is 9.64. The molecule has 2 aliphatic rings. The van der Waals surface area contributed by atoms with E-state index in [1.165, 1.54) is 11.1 Å². The largest absolute Gasteiger partial charge is 0.497 e. The first-order valence-corrected chi connectivity index (χ1v) is 12.7. The third kappa shape index (κ3) is 5.31. The maximum Gasteiger partial charge on any atom is 0.237 e. The monoisotopic (exact) mass is 489 g/mol. The first-order valence-electron chi connectivity index (χ1n) is 12.7. The van der Waals surface area contributed by atoms with Crippen molar-refractivity contribution in [1.82, 2.24) is 25.7 Å². The average molecular weight is 490 g/mol. The standard InChI is InChI=1S/C28H35N5O3/c1-35-12-11-29-28(34)26-15-23(18-33(26)24-13-20-5-3-4-6-21(20)14-24)30-16-22-17-31-32-27(22)19-7-9-25(36-2)10-8-19/h3-10,17,23-24,26,30H,11-16,18H2,1-2H3,(H,29,34)(H,31,32)/t23-,26+/m1/s1. The molecule has 1 saturated heterocycles. The molecule has 5 rings (SSSR count). The molecule has 0 saturated carbocycles. The average Bonchev–Trinajstić information content (AvgIpc) is 3.65. The van der Waals surface area contributed by atoms with Crippen LogP contribution >= 0.6 is 0 Å². The number of hydrogen-bond acceptors (Lipinski definition) is 6. The van der Waals surface area contributed by atoms with E-state index in [-0.39, 0.29) is 18.0 Å². The van der Waals surface area contributed by atoms with Gasteiger partial charge in [0.15, 0.2) is 0 Å². The Bertz CT molecular complexity index is 1140. The fourth-order valence-corrected chi connectivity index (χ4v) is 5.54. The van der Waals surface area contributed by atoms with Crippen molar-refractivity contribution in [1.29, 1.82) is 0 Å². The molecule has 1 aliphatic heterocycles. The van der Waals surface area contributed by atoms with Gasteiger partial charge in [-0.25, -0.2) is 0 Å². The fraction of sp³-hybridized carbons (Fsp3) is 0.429. The van der Waals surface area contributed by atoms with Gasteiger partial charge in [0.05, 0.1) is 31.6 Å². The summed E-state index contributed by atoms with van der Waals surface area (Å²) in [5.74, 6) is 0.919. The highest BCUT2D eigenvalue weighted by molar-refractivity contribution is 5.82. The van der Waals surface area contributed by atoms with Gasteiger partial charge in [-0.3, -0.25) is 14.8 Å². The van der Waals surface area contributed by atoms with Crippen molar-refractivity contribution in [2.45, 2.75) is 43.9 Å². The number of ether oxygens (including phenoxy) is 2. The molecule has 1 aromatic heterocycles. The van der Waals surface area contributed by atoms with Gasteiger partial charge in [-0.05, 0) is 54.7 Å². The normalized spacial score (nSPS) is 19.9. The van der Waals surface area contributed by atoms with Crippen LogP contribution in [-0.2, 0) is 28.9 Å². The van der Waals surface area contributed by atoms with Gasteiger partial charge >= 0.3 is 0 Å². The lowest BCUT2D eigenvalue weighted by Crippen LogP contribution is -2.48. The van der Waals surface area contributed by atoms with Crippen molar-refractivity contribution < 1.29 is 14.3 Å². The maximum absolute atomic E-state index is 13.2. The van der Waals surface area contributed by atoms with Crippen LogP contribution in [0.1, 0.15) is 23.1 Å². The Balaban J connectivity index is 1.26. The number of carbonyl (C=O) groups excluding carboxylic acids is 1. The second-order valence-corrected chi connectivity index (χ2v) is 9.64. The zero-order valence-corrected chi connectivity index (χ0v) is 21.0. The molecule has 2 heterocycles. The van der Waals surface area contributed by atoms with E-state index >= 15 is 0 Å². The summed E-state index contributed by atoms with van der Waals surface area (Å²) in [5.41, 5.74) is 5.98. The summed E-state index contributed by atoms with van der Waals surface area (Å²) in [5, 5.41) is 14.2. The number of fused-ring (bicyclic) bond motifs is 1. The molecule has 1 amide bonds. The molecule has 0 radical (unpaired) electrons. The van der Waals surface area contributed by atoms with Gasteiger partial charge in [0.2, 0.25) is 5.91 Å². The highest BCUT2D eigenvalue weighted by atomic mass is 16.5. The van der Waals surface area contributed by atoms with E-state index < -0.39 is 0 Å². The van der Waals surface area contributed by atoms with E-state index in [0.717, 1.165) is 48.4 Å². The molecule has 0 bridgehead atoms. The molecule has 2 aromatic carbocycles. The van der Waals surface area contributed by atoms with E-state index in [0.29, 0.717) is 25.7 Å². The van der Waals surface area contributed by atoms with Crippen LogP contribution in [0.4, 0.5) is 0 Å². The Labute approximate surface area is 212 Å². The van der Waals surface area contributed by atoms with Gasteiger partial charge in [0.1, 0.15) is 5.75 Å². The number of rotatable bonds is 10. The van der Waals surface area contributed by atoms with E-state index in [4.69, 9.17) is 9.47 Å². The number of nitrogens with one attached hydrogen (secondary N) is 3.